The van der Waals surface area contributed by atoms with Gasteiger partial charge in [0.25, 0.3) is 10.2 Å². The summed E-state index contributed by atoms with van der Waals surface area (Å²) in [4.78, 5) is 0. The van der Waals surface area contributed by atoms with Crippen molar-refractivity contribution in [2.45, 2.75) is 44.9 Å². The molecule has 1 aromatic carbocycles. The van der Waals surface area contributed by atoms with Crippen LogP contribution in [0.4, 0.5) is 4.39 Å². The minimum atomic E-state index is -3.40. The molecule has 1 saturated carbocycles. The fourth-order valence-corrected chi connectivity index (χ4v) is 5.62. The maximum atomic E-state index is 13.4. The molecule has 7 nitrogen and oxygen atoms in total. The molecule has 0 radical (unpaired) electrons. The number of unbranched alkanes of at least 4 members (excludes halogenated alkanes) is 1. The average molecular weight is 423 g/mol. The highest BCUT2D eigenvalue weighted by atomic mass is 32.2. The van der Waals surface area contributed by atoms with Crippen molar-refractivity contribution >= 4 is 10.2 Å². The summed E-state index contributed by atoms with van der Waals surface area (Å²) in [5, 5.41) is 8.26. The quantitative estimate of drug-likeness (QED) is 0.683. The van der Waals surface area contributed by atoms with Crippen LogP contribution in [0.2, 0.25) is 0 Å². The molecule has 2 fully saturated rings. The molecule has 2 heterocycles. The first kappa shape index (κ1) is 20.4. The van der Waals surface area contributed by atoms with E-state index in [0.717, 1.165) is 32.1 Å². The van der Waals surface area contributed by atoms with E-state index in [1.807, 2.05) is 0 Å². The van der Waals surface area contributed by atoms with E-state index in [0.29, 0.717) is 37.0 Å². The lowest BCUT2D eigenvalue weighted by molar-refractivity contribution is 0.234. The summed E-state index contributed by atoms with van der Waals surface area (Å²) in [6, 6.07) is 6.10. The third kappa shape index (κ3) is 3.95. The van der Waals surface area contributed by atoms with Gasteiger partial charge in [0, 0.05) is 38.2 Å². The zero-order valence-electron chi connectivity index (χ0n) is 16.8. The van der Waals surface area contributed by atoms with Crippen molar-refractivity contribution in [1.82, 2.24) is 18.8 Å². The number of halogens is 1. The van der Waals surface area contributed by atoms with Gasteiger partial charge in [-0.3, -0.25) is 0 Å². The number of benzene rings is 1. The number of aromatic nitrogens is 2. The van der Waals surface area contributed by atoms with Gasteiger partial charge in [-0.15, -0.1) is 10.2 Å². The van der Waals surface area contributed by atoms with Crippen LogP contribution in [-0.2, 0) is 10.2 Å². The van der Waals surface area contributed by atoms with Crippen molar-refractivity contribution in [1.29, 1.82) is 0 Å². The normalized spacial score (nSPS) is 21.7. The Morgan fingerprint density at radius 1 is 1.31 bits per heavy atom. The van der Waals surface area contributed by atoms with E-state index in [1.54, 1.807) is 23.5 Å². The maximum Gasteiger partial charge on any atom is 0.281 e. The fourth-order valence-electron chi connectivity index (χ4n) is 4.22. The molecule has 0 amide bonds. The van der Waals surface area contributed by atoms with Crippen LogP contribution < -0.4 is 0 Å². The zero-order chi connectivity index (χ0) is 20.6. The lowest BCUT2D eigenvalue weighted by Gasteiger charge is -2.34. The van der Waals surface area contributed by atoms with E-state index in [2.05, 4.69) is 17.1 Å². The number of piperidine rings is 1. The molecule has 2 aromatic rings. The molecule has 29 heavy (non-hydrogen) atoms. The molecule has 1 aliphatic carbocycles. The molecule has 0 bridgehead atoms. The van der Waals surface area contributed by atoms with Gasteiger partial charge in [-0.05, 0) is 49.3 Å². The molecular formula is C20H27FN4O3S. The molecule has 1 spiro atoms. The molecule has 9 heteroatoms. The molecule has 0 unspecified atom stereocenters. The SMILES string of the molecule is CCCCN(C)S(=O)(=O)N1CCC2(CC1)C[C@H]2c1nnc(-c2cccc(F)c2)o1. The standard InChI is InChI=1S/C20H27FN4O3S/c1-3-4-10-24(2)29(26,27)25-11-8-20(9-12-25)14-17(20)19-23-22-18(28-19)15-6-5-7-16(21)13-15/h5-7,13,17H,3-4,8-12,14H2,1-2H3/t17-/m0/s1. The lowest BCUT2D eigenvalue weighted by Crippen LogP contribution is -2.46. The van der Waals surface area contributed by atoms with E-state index in [-0.39, 0.29) is 17.2 Å². The Kier molecular flexibility index (Phi) is 5.48. The number of hydrogen-bond donors (Lipinski definition) is 0. The van der Waals surface area contributed by atoms with Crippen LogP contribution >= 0.6 is 0 Å². The van der Waals surface area contributed by atoms with E-state index >= 15 is 0 Å². The summed E-state index contributed by atoms with van der Waals surface area (Å²) in [6.45, 7) is 3.63. The molecule has 158 valence electrons. The van der Waals surface area contributed by atoms with Crippen LogP contribution in [0, 0.1) is 11.2 Å². The summed E-state index contributed by atoms with van der Waals surface area (Å²) in [5.41, 5.74) is 0.606. The van der Waals surface area contributed by atoms with Crippen LogP contribution in [0.5, 0.6) is 0 Å². The first-order chi connectivity index (χ1) is 13.9. The van der Waals surface area contributed by atoms with Crippen LogP contribution in [0.3, 0.4) is 0 Å². The van der Waals surface area contributed by atoms with Crippen molar-refractivity contribution in [3.63, 3.8) is 0 Å². The Morgan fingerprint density at radius 2 is 2.07 bits per heavy atom. The Hall–Kier alpha value is -1.84. The topological polar surface area (TPSA) is 79.5 Å². The predicted octanol–water partition coefficient (Wildman–Crippen LogP) is 3.42. The maximum absolute atomic E-state index is 13.4. The first-order valence-corrected chi connectivity index (χ1v) is 11.6. The van der Waals surface area contributed by atoms with Gasteiger partial charge in [0.1, 0.15) is 5.82 Å². The van der Waals surface area contributed by atoms with Gasteiger partial charge in [0.2, 0.25) is 11.8 Å². The zero-order valence-corrected chi connectivity index (χ0v) is 17.7. The third-order valence-electron chi connectivity index (χ3n) is 6.26. The Bertz CT molecular complexity index is 970. The van der Waals surface area contributed by atoms with Gasteiger partial charge >= 0.3 is 0 Å². The van der Waals surface area contributed by atoms with Crippen molar-refractivity contribution in [3.8, 4) is 11.5 Å². The second-order valence-corrected chi connectivity index (χ2v) is 10.2. The number of hydrogen-bond acceptors (Lipinski definition) is 5. The first-order valence-electron chi connectivity index (χ1n) is 10.2. The van der Waals surface area contributed by atoms with Gasteiger partial charge in [-0.2, -0.15) is 17.0 Å². The van der Waals surface area contributed by atoms with E-state index in [1.165, 1.54) is 16.4 Å². The summed E-state index contributed by atoms with van der Waals surface area (Å²) in [6.07, 6.45) is 4.33. The molecule has 2 aliphatic rings. The average Bonchev–Trinajstić information content (AvgIpc) is 3.17. The second-order valence-electron chi connectivity index (χ2n) is 8.16. The van der Waals surface area contributed by atoms with Gasteiger partial charge in [-0.25, -0.2) is 4.39 Å². The predicted molar refractivity (Wildman–Crippen MR) is 107 cm³/mol. The lowest BCUT2D eigenvalue weighted by atomic mass is 9.92. The molecule has 1 atom stereocenters. The van der Waals surface area contributed by atoms with Crippen LogP contribution in [0.1, 0.15) is 50.8 Å². The third-order valence-corrected chi connectivity index (χ3v) is 8.25. The van der Waals surface area contributed by atoms with Crippen LogP contribution in [0.15, 0.2) is 28.7 Å². The molecule has 1 saturated heterocycles. The second kappa shape index (κ2) is 7.77. The van der Waals surface area contributed by atoms with Gasteiger partial charge in [0.05, 0.1) is 0 Å². The summed E-state index contributed by atoms with van der Waals surface area (Å²) in [7, 11) is -1.74. The molecule has 0 N–H and O–H groups in total. The Balaban J connectivity index is 1.39. The van der Waals surface area contributed by atoms with Gasteiger partial charge in [0.15, 0.2) is 0 Å². The van der Waals surface area contributed by atoms with Crippen LogP contribution in [-0.4, -0.2) is 53.9 Å². The summed E-state index contributed by atoms with van der Waals surface area (Å²) < 4.78 is 47.8. The van der Waals surface area contributed by atoms with Crippen molar-refractivity contribution < 1.29 is 17.2 Å². The minimum absolute atomic E-state index is 0.0414. The number of nitrogens with zero attached hydrogens (tertiary/aromatic N) is 4. The highest BCUT2D eigenvalue weighted by Gasteiger charge is 2.59. The highest BCUT2D eigenvalue weighted by Crippen LogP contribution is 2.64. The van der Waals surface area contributed by atoms with E-state index in [9.17, 15) is 12.8 Å². The molecule has 1 aliphatic heterocycles. The van der Waals surface area contributed by atoms with Crippen molar-refractivity contribution in [2.75, 3.05) is 26.7 Å². The van der Waals surface area contributed by atoms with Gasteiger partial charge < -0.3 is 4.42 Å². The Morgan fingerprint density at radius 3 is 2.76 bits per heavy atom. The smallest absolute Gasteiger partial charge is 0.281 e. The Labute approximate surface area is 171 Å². The van der Waals surface area contributed by atoms with Gasteiger partial charge in [-0.1, -0.05) is 19.4 Å². The largest absolute Gasteiger partial charge is 0.420 e. The summed E-state index contributed by atoms with van der Waals surface area (Å²) in [5.74, 6) is 0.697. The fraction of sp³-hybridized carbons (Fsp3) is 0.600. The van der Waals surface area contributed by atoms with E-state index in [4.69, 9.17) is 4.42 Å². The molecular weight excluding hydrogens is 395 g/mol. The molecule has 4 rings (SSSR count). The monoisotopic (exact) mass is 422 g/mol. The molecule has 1 aromatic heterocycles. The summed E-state index contributed by atoms with van der Waals surface area (Å²) >= 11 is 0. The van der Waals surface area contributed by atoms with E-state index < -0.39 is 10.2 Å². The van der Waals surface area contributed by atoms with Crippen molar-refractivity contribution in [2.24, 2.45) is 5.41 Å². The highest BCUT2D eigenvalue weighted by molar-refractivity contribution is 7.86. The minimum Gasteiger partial charge on any atom is -0.420 e. The number of rotatable bonds is 7. The van der Waals surface area contributed by atoms with Crippen molar-refractivity contribution in [3.05, 3.63) is 36.0 Å². The van der Waals surface area contributed by atoms with Crippen LogP contribution in [0.25, 0.3) is 11.5 Å².